The molecule has 0 bridgehead atoms. The summed E-state index contributed by atoms with van der Waals surface area (Å²) < 4.78 is 7.01. The van der Waals surface area contributed by atoms with E-state index < -0.39 is 0 Å². The number of aromatic nitrogens is 2. The van der Waals surface area contributed by atoms with Crippen LogP contribution in [0.2, 0.25) is 0 Å². The number of rotatable bonds is 3. The Kier molecular flexibility index (Phi) is 5.74. The smallest absolute Gasteiger partial charge is 0.199 e. The molecule has 6 heteroatoms. The lowest BCUT2D eigenvalue weighted by Crippen LogP contribution is -2.15. The van der Waals surface area contributed by atoms with Crippen LogP contribution in [0.25, 0.3) is 96.4 Å². The Morgan fingerprint density at radius 2 is 0.964 bits per heavy atom. The second-order valence-electron chi connectivity index (χ2n) is 14.8. The van der Waals surface area contributed by atoms with Crippen molar-refractivity contribution in [3.05, 3.63) is 184 Å². The molecule has 0 atom stereocenters. The van der Waals surface area contributed by atoms with E-state index in [1.807, 2.05) is 60.7 Å². The predicted molar refractivity (Wildman–Crippen MR) is 236 cm³/mol. The number of hydrogen-bond donors (Lipinski definition) is 0. The largest absolute Gasteiger partial charge is 0.310 e. The van der Waals surface area contributed by atoms with Gasteiger partial charge in [0.2, 0.25) is 0 Å². The minimum atomic E-state index is 0.00590. The molecule has 260 valence electrons. The van der Waals surface area contributed by atoms with E-state index in [-0.39, 0.29) is 10.9 Å². The van der Waals surface area contributed by atoms with Gasteiger partial charge >= 0.3 is 0 Å². The van der Waals surface area contributed by atoms with Gasteiger partial charge in [-0.15, -0.1) is 11.3 Å². The van der Waals surface area contributed by atoms with Crippen LogP contribution in [0.5, 0.6) is 0 Å². The van der Waals surface area contributed by atoms with E-state index in [4.69, 9.17) is 0 Å². The fourth-order valence-corrected chi connectivity index (χ4v) is 10.7. The van der Waals surface area contributed by atoms with Gasteiger partial charge in [-0.3, -0.25) is 9.59 Å². The maximum absolute atomic E-state index is 15.1. The van der Waals surface area contributed by atoms with Gasteiger partial charge in [-0.05, 0) is 78.9 Å². The number of hydrogen-bond acceptors (Lipinski definition) is 4. The Morgan fingerprint density at radius 1 is 0.375 bits per heavy atom. The summed E-state index contributed by atoms with van der Waals surface area (Å²) in [6, 6.07) is 56.3. The summed E-state index contributed by atoms with van der Waals surface area (Å²) in [6.45, 7) is 0. The molecule has 56 heavy (non-hydrogen) atoms. The molecule has 5 aromatic heterocycles. The molecular weight excluding hydrogens is 707 g/mol. The van der Waals surface area contributed by atoms with Gasteiger partial charge in [0.05, 0.1) is 44.2 Å². The third-order valence-corrected chi connectivity index (χ3v) is 13.1. The second-order valence-corrected chi connectivity index (χ2v) is 15.8. The van der Waals surface area contributed by atoms with Crippen molar-refractivity contribution in [3.8, 4) is 0 Å². The molecule has 0 aliphatic rings. The van der Waals surface area contributed by atoms with Gasteiger partial charge in [0, 0.05) is 69.3 Å². The molecule has 5 heterocycles. The highest BCUT2D eigenvalue weighted by atomic mass is 32.1. The fraction of sp³-hybridized carbons (Fsp3) is 0. The van der Waals surface area contributed by atoms with E-state index in [0.29, 0.717) is 21.5 Å². The van der Waals surface area contributed by atoms with Gasteiger partial charge < -0.3 is 13.7 Å². The van der Waals surface area contributed by atoms with Crippen LogP contribution in [-0.4, -0.2) is 8.80 Å². The summed E-state index contributed by atoms with van der Waals surface area (Å²) in [7, 11) is 0. The third kappa shape index (κ3) is 3.73. The van der Waals surface area contributed by atoms with Gasteiger partial charge in [0.15, 0.2) is 10.9 Å². The summed E-state index contributed by atoms with van der Waals surface area (Å²) in [5.74, 6) is 0. The predicted octanol–water partition coefficient (Wildman–Crippen LogP) is 12.5. The number of pyridine rings is 2. The number of nitrogens with zero attached hydrogens (tertiary/aromatic N) is 3. The van der Waals surface area contributed by atoms with Crippen LogP contribution in [-0.2, 0) is 0 Å². The first-order valence-electron chi connectivity index (χ1n) is 18.8. The molecule has 0 amide bonds. The normalized spacial score (nSPS) is 12.4. The molecule has 0 aliphatic carbocycles. The Labute approximate surface area is 321 Å². The highest BCUT2D eigenvalue weighted by Gasteiger charge is 2.26. The first-order valence-corrected chi connectivity index (χ1v) is 19.6. The lowest BCUT2D eigenvalue weighted by atomic mass is 10.0. The second kappa shape index (κ2) is 10.7. The van der Waals surface area contributed by atoms with Crippen LogP contribution in [0.15, 0.2) is 173 Å². The van der Waals surface area contributed by atoms with Crippen molar-refractivity contribution < 1.29 is 0 Å². The van der Waals surface area contributed by atoms with Gasteiger partial charge in [-0.2, -0.15) is 0 Å². The SMILES string of the molecule is O=c1c2ccccc2n2c3cc4c(cc3c3cccc1c32)c1ccc(N(c2ccccc2)c2ccc3c(c2)sc2ccccc23)c2c(=O)c3ccccc3n4c21. The van der Waals surface area contributed by atoms with Crippen molar-refractivity contribution in [2.45, 2.75) is 0 Å². The zero-order valence-corrected chi connectivity index (χ0v) is 30.5. The average Bonchev–Trinajstić information content (AvgIpc) is 3.89. The summed E-state index contributed by atoms with van der Waals surface area (Å²) in [5.41, 5.74) is 8.48. The van der Waals surface area contributed by atoms with Crippen LogP contribution < -0.4 is 15.8 Å². The zero-order chi connectivity index (χ0) is 36.8. The van der Waals surface area contributed by atoms with E-state index in [9.17, 15) is 4.79 Å². The van der Waals surface area contributed by atoms with Crippen LogP contribution in [0.1, 0.15) is 0 Å². The van der Waals surface area contributed by atoms with E-state index in [1.165, 1.54) is 20.2 Å². The van der Waals surface area contributed by atoms with E-state index in [2.05, 4.69) is 117 Å². The maximum Gasteiger partial charge on any atom is 0.199 e. The molecule has 0 aliphatic heterocycles. The standard InChI is InChI=1S/C50H27N3O2S/c54-49-34-14-4-7-18-39(34)52-42-27-43-38(26-37(42)32-16-10-17-36(49)47(32)52)33-23-24-41(46-48(33)53(43)40-19-8-5-15-35(40)50(46)55)51(28-11-2-1-3-12-28)29-21-22-31-30-13-6-9-20-44(30)56-45(31)25-29/h1-27H. The lowest BCUT2D eigenvalue weighted by molar-refractivity contribution is 1.29. The summed E-state index contributed by atoms with van der Waals surface area (Å²) in [5, 5.41) is 9.43. The van der Waals surface area contributed by atoms with E-state index in [0.717, 1.165) is 71.7 Å². The maximum atomic E-state index is 15.1. The molecule has 0 fully saturated rings. The van der Waals surface area contributed by atoms with E-state index in [1.54, 1.807) is 11.3 Å². The van der Waals surface area contributed by atoms with Gasteiger partial charge in [0.25, 0.3) is 0 Å². The molecule has 0 saturated heterocycles. The summed E-state index contributed by atoms with van der Waals surface area (Å²) in [4.78, 5) is 31.1. The number of fused-ring (bicyclic) bond motifs is 13. The number of thiophene rings is 1. The van der Waals surface area contributed by atoms with Gasteiger partial charge in [0.1, 0.15) is 0 Å². The molecule has 13 aromatic rings. The number of anilines is 3. The lowest BCUT2D eigenvalue weighted by Gasteiger charge is -2.27. The number of benzene rings is 8. The quantitative estimate of drug-likeness (QED) is 0.170. The number of para-hydroxylation sites is 4. The van der Waals surface area contributed by atoms with Gasteiger partial charge in [-0.25, -0.2) is 0 Å². The molecule has 0 spiro atoms. The van der Waals surface area contributed by atoms with Crippen molar-refractivity contribution in [3.63, 3.8) is 0 Å². The third-order valence-electron chi connectivity index (χ3n) is 11.9. The molecule has 0 radical (unpaired) electrons. The Balaban J connectivity index is 1.19. The monoisotopic (exact) mass is 733 g/mol. The van der Waals surface area contributed by atoms with Crippen molar-refractivity contribution in [2.24, 2.45) is 0 Å². The highest BCUT2D eigenvalue weighted by Crippen LogP contribution is 2.46. The molecule has 0 N–H and O–H groups in total. The minimum Gasteiger partial charge on any atom is -0.310 e. The topological polar surface area (TPSA) is 46.2 Å². The van der Waals surface area contributed by atoms with E-state index >= 15 is 4.79 Å². The fourth-order valence-electron chi connectivity index (χ4n) is 9.60. The molecule has 8 aromatic carbocycles. The van der Waals surface area contributed by atoms with Gasteiger partial charge in [-0.1, -0.05) is 84.9 Å². The highest BCUT2D eigenvalue weighted by molar-refractivity contribution is 7.25. The average molecular weight is 734 g/mol. The van der Waals surface area contributed by atoms with Crippen molar-refractivity contribution in [2.75, 3.05) is 4.90 Å². The van der Waals surface area contributed by atoms with Crippen LogP contribution in [0.4, 0.5) is 17.1 Å². The van der Waals surface area contributed by atoms with Crippen molar-refractivity contribution in [1.29, 1.82) is 0 Å². The molecule has 0 unspecified atom stereocenters. The summed E-state index contributed by atoms with van der Waals surface area (Å²) >= 11 is 1.79. The van der Waals surface area contributed by atoms with Crippen molar-refractivity contribution >= 4 is 125 Å². The summed E-state index contributed by atoms with van der Waals surface area (Å²) in [6.07, 6.45) is 0. The Morgan fingerprint density at radius 3 is 1.75 bits per heavy atom. The van der Waals surface area contributed by atoms with Crippen molar-refractivity contribution in [1.82, 2.24) is 8.80 Å². The van der Waals surface area contributed by atoms with Crippen LogP contribution in [0, 0.1) is 0 Å². The van der Waals surface area contributed by atoms with Crippen LogP contribution >= 0.6 is 11.3 Å². The Hall–Kier alpha value is -7.28. The first-order chi connectivity index (χ1) is 27.6. The first kappa shape index (κ1) is 30.1. The molecular formula is C50H27N3O2S. The molecule has 13 rings (SSSR count). The van der Waals surface area contributed by atoms with Crippen LogP contribution in [0.3, 0.4) is 0 Å². The molecule has 0 saturated carbocycles. The minimum absolute atomic E-state index is 0.00590. The molecule has 5 nitrogen and oxygen atoms in total. The zero-order valence-electron chi connectivity index (χ0n) is 29.7. The Bertz CT molecular complexity index is 3940.